The van der Waals surface area contributed by atoms with Gasteiger partial charge in [-0.05, 0) is 53.5 Å². The third-order valence-electron chi connectivity index (χ3n) is 7.47. The number of imide groups is 1. The second-order valence-electron chi connectivity index (χ2n) is 9.33. The Kier molecular flexibility index (Phi) is 5.41. The minimum absolute atomic E-state index is 0.129. The van der Waals surface area contributed by atoms with Gasteiger partial charge in [-0.3, -0.25) is 9.59 Å². The molecule has 1 saturated carbocycles. The SMILES string of the molecule is CCOC(=O)c1ccc(N2C(=O)[C@@H]3[C@@H](C2=O)[C@@H]2C=C[C@@H]3C2=C(c2ccccc2)c2ccccc2)cc1. The summed E-state index contributed by atoms with van der Waals surface area (Å²) in [5, 5.41) is 0. The lowest BCUT2D eigenvalue weighted by Crippen LogP contribution is -2.33. The number of nitrogens with zero attached hydrogens (tertiary/aromatic N) is 1. The largest absolute Gasteiger partial charge is 0.462 e. The van der Waals surface area contributed by atoms with Gasteiger partial charge in [0.15, 0.2) is 0 Å². The first kappa shape index (κ1) is 22.2. The first-order valence-electron chi connectivity index (χ1n) is 12.3. The quantitative estimate of drug-likeness (QED) is 0.286. The van der Waals surface area contributed by atoms with Gasteiger partial charge in [0.1, 0.15) is 0 Å². The zero-order valence-electron chi connectivity index (χ0n) is 19.8. The topological polar surface area (TPSA) is 63.7 Å². The maximum atomic E-state index is 13.7. The minimum atomic E-state index is -0.425. The average Bonchev–Trinajstić information content (AvgIpc) is 3.55. The van der Waals surface area contributed by atoms with Crippen molar-refractivity contribution in [1.82, 2.24) is 0 Å². The number of allylic oxidation sites excluding steroid dienone is 3. The molecule has 1 heterocycles. The summed E-state index contributed by atoms with van der Waals surface area (Å²) in [5.41, 5.74) is 5.32. The molecular weight excluding hydrogens is 450 g/mol. The fraction of sp³-hybridized carbons (Fsp3) is 0.194. The van der Waals surface area contributed by atoms with Gasteiger partial charge < -0.3 is 4.74 Å². The van der Waals surface area contributed by atoms with Gasteiger partial charge >= 0.3 is 5.97 Å². The summed E-state index contributed by atoms with van der Waals surface area (Å²) in [7, 11) is 0. The van der Waals surface area contributed by atoms with E-state index in [4.69, 9.17) is 4.74 Å². The van der Waals surface area contributed by atoms with Gasteiger partial charge in [-0.1, -0.05) is 72.8 Å². The van der Waals surface area contributed by atoms with E-state index in [1.807, 2.05) is 36.4 Å². The molecule has 0 aromatic heterocycles. The fourth-order valence-corrected chi connectivity index (χ4v) is 6.02. The van der Waals surface area contributed by atoms with Gasteiger partial charge in [-0.2, -0.15) is 0 Å². The molecule has 1 aliphatic heterocycles. The van der Waals surface area contributed by atoms with E-state index in [1.165, 1.54) is 4.90 Å². The summed E-state index contributed by atoms with van der Waals surface area (Å²) in [5.74, 6) is -1.88. The zero-order chi connectivity index (χ0) is 24.8. The lowest BCUT2D eigenvalue weighted by atomic mass is 9.85. The fourth-order valence-electron chi connectivity index (χ4n) is 6.02. The van der Waals surface area contributed by atoms with E-state index < -0.39 is 17.8 Å². The van der Waals surface area contributed by atoms with Crippen molar-refractivity contribution < 1.29 is 19.1 Å². The number of rotatable bonds is 5. The summed E-state index contributed by atoms with van der Waals surface area (Å²) in [6.45, 7) is 2.03. The molecule has 178 valence electrons. The normalized spacial score (nSPS) is 23.8. The second kappa shape index (κ2) is 8.76. The van der Waals surface area contributed by atoms with E-state index >= 15 is 0 Å². The molecule has 3 aromatic rings. The number of carbonyl (C=O) groups excluding carboxylic acids is 3. The molecule has 0 radical (unpaired) electrons. The minimum Gasteiger partial charge on any atom is -0.462 e. The third kappa shape index (κ3) is 3.34. The van der Waals surface area contributed by atoms with Crippen LogP contribution in [0.15, 0.2) is 103 Å². The Labute approximate surface area is 209 Å². The van der Waals surface area contributed by atoms with Gasteiger partial charge in [0, 0.05) is 11.8 Å². The van der Waals surface area contributed by atoms with Crippen LogP contribution in [-0.2, 0) is 14.3 Å². The molecular formula is C31H25NO4. The molecule has 2 bridgehead atoms. The zero-order valence-corrected chi connectivity index (χ0v) is 19.8. The van der Waals surface area contributed by atoms with E-state index in [9.17, 15) is 14.4 Å². The van der Waals surface area contributed by atoms with Crippen LogP contribution in [0.1, 0.15) is 28.4 Å². The van der Waals surface area contributed by atoms with Gasteiger partial charge in [0.2, 0.25) is 11.8 Å². The van der Waals surface area contributed by atoms with Crippen molar-refractivity contribution >= 4 is 29.0 Å². The van der Waals surface area contributed by atoms with Crippen LogP contribution in [0.25, 0.3) is 5.57 Å². The maximum Gasteiger partial charge on any atom is 0.338 e. The molecule has 0 spiro atoms. The van der Waals surface area contributed by atoms with E-state index in [0.29, 0.717) is 11.3 Å². The van der Waals surface area contributed by atoms with Gasteiger partial charge in [-0.15, -0.1) is 0 Å². The van der Waals surface area contributed by atoms with Crippen LogP contribution in [0.5, 0.6) is 0 Å². The van der Waals surface area contributed by atoms with Gasteiger partial charge in [0.05, 0.1) is 29.7 Å². The van der Waals surface area contributed by atoms with Crippen LogP contribution in [0.2, 0.25) is 0 Å². The summed E-state index contributed by atoms with van der Waals surface area (Å²) >= 11 is 0. The molecule has 2 amide bonds. The third-order valence-corrected chi connectivity index (χ3v) is 7.47. The number of hydrogen-bond acceptors (Lipinski definition) is 4. The number of ether oxygens (including phenoxy) is 1. The molecule has 3 aliphatic rings. The first-order chi connectivity index (χ1) is 17.6. The van der Waals surface area contributed by atoms with Crippen LogP contribution < -0.4 is 4.90 Å². The number of anilines is 1. The van der Waals surface area contributed by atoms with E-state index in [0.717, 1.165) is 22.3 Å². The molecule has 36 heavy (non-hydrogen) atoms. The molecule has 1 saturated heterocycles. The Hall–Kier alpha value is -4.25. The monoisotopic (exact) mass is 475 g/mol. The first-order valence-corrected chi connectivity index (χ1v) is 12.3. The molecule has 2 aliphatic carbocycles. The van der Waals surface area contributed by atoms with Gasteiger partial charge in [0.25, 0.3) is 0 Å². The molecule has 5 heteroatoms. The summed E-state index contributed by atoms with van der Waals surface area (Å²) in [6, 6.07) is 26.9. The Morgan fingerprint density at radius 1 is 0.722 bits per heavy atom. The van der Waals surface area contributed by atoms with Gasteiger partial charge in [-0.25, -0.2) is 9.69 Å². The molecule has 0 unspecified atom stereocenters. The lowest BCUT2D eigenvalue weighted by Gasteiger charge is -2.21. The maximum absolute atomic E-state index is 13.7. The second-order valence-corrected chi connectivity index (χ2v) is 9.33. The number of esters is 1. The van der Waals surface area contributed by atoms with Crippen molar-refractivity contribution in [3.8, 4) is 0 Å². The van der Waals surface area contributed by atoms with Crippen LogP contribution >= 0.6 is 0 Å². The molecule has 5 nitrogen and oxygen atoms in total. The van der Waals surface area contributed by atoms with Crippen molar-refractivity contribution in [3.05, 3.63) is 119 Å². The average molecular weight is 476 g/mol. The Balaban J connectivity index is 1.39. The number of benzene rings is 3. The van der Waals surface area contributed by atoms with E-state index in [-0.39, 0.29) is 30.3 Å². The molecule has 2 fully saturated rings. The summed E-state index contributed by atoms with van der Waals surface area (Å²) < 4.78 is 5.04. The molecule has 0 N–H and O–H groups in total. The van der Waals surface area contributed by atoms with Crippen molar-refractivity contribution in [2.24, 2.45) is 23.7 Å². The van der Waals surface area contributed by atoms with Crippen molar-refractivity contribution in [2.75, 3.05) is 11.5 Å². The predicted molar refractivity (Wildman–Crippen MR) is 137 cm³/mol. The molecule has 3 aromatic carbocycles. The van der Waals surface area contributed by atoms with Crippen molar-refractivity contribution in [3.63, 3.8) is 0 Å². The highest BCUT2D eigenvalue weighted by Crippen LogP contribution is 2.58. The van der Waals surface area contributed by atoms with Crippen LogP contribution in [-0.4, -0.2) is 24.4 Å². The highest BCUT2D eigenvalue weighted by molar-refractivity contribution is 6.23. The summed E-state index contributed by atoms with van der Waals surface area (Å²) in [6.07, 6.45) is 4.21. The Bertz CT molecular complexity index is 1330. The standard InChI is InChI=1S/C31H25NO4/c1-2-36-31(35)21-13-15-22(16-14-21)32-29(33)27-23-17-18-24(28(27)30(32)34)26(23)25(19-9-5-3-6-10-19)20-11-7-4-8-12-20/h3-18,23-24,27-28H,2H2,1H3/t23-,24-,27+,28+/m1/s1. The van der Waals surface area contributed by atoms with E-state index in [2.05, 4.69) is 36.4 Å². The smallest absolute Gasteiger partial charge is 0.338 e. The van der Waals surface area contributed by atoms with Crippen LogP contribution in [0.3, 0.4) is 0 Å². The van der Waals surface area contributed by atoms with E-state index in [1.54, 1.807) is 31.2 Å². The predicted octanol–water partition coefficient (Wildman–Crippen LogP) is 5.29. The lowest BCUT2D eigenvalue weighted by molar-refractivity contribution is -0.122. The number of fused-ring (bicyclic) bond motifs is 5. The highest BCUT2D eigenvalue weighted by atomic mass is 16.5. The van der Waals surface area contributed by atoms with Crippen molar-refractivity contribution in [1.29, 1.82) is 0 Å². The summed E-state index contributed by atoms with van der Waals surface area (Å²) in [4.78, 5) is 40.7. The molecule has 6 rings (SSSR count). The van der Waals surface area contributed by atoms with Crippen LogP contribution in [0.4, 0.5) is 5.69 Å². The number of amides is 2. The highest BCUT2D eigenvalue weighted by Gasteiger charge is 2.62. The number of carbonyl (C=O) groups is 3. The molecule has 4 atom stereocenters. The Morgan fingerprint density at radius 3 is 1.69 bits per heavy atom. The van der Waals surface area contributed by atoms with Crippen molar-refractivity contribution in [2.45, 2.75) is 6.92 Å². The number of hydrogen-bond donors (Lipinski definition) is 0. The van der Waals surface area contributed by atoms with Crippen LogP contribution in [0, 0.1) is 23.7 Å². The Morgan fingerprint density at radius 2 is 1.22 bits per heavy atom.